The predicted molar refractivity (Wildman–Crippen MR) is 98.9 cm³/mol. The number of hydrogen-bond donors (Lipinski definition) is 1. The molecule has 0 aromatic heterocycles. The normalized spacial score (nSPS) is 13.0. The molecule has 2 rings (SSSR count). The molecule has 0 spiro atoms. The molecule has 3 heteroatoms. The maximum Gasteiger partial charge on any atom is 0.408 e. The van der Waals surface area contributed by atoms with Gasteiger partial charge < -0.3 is 5.11 Å². The highest BCUT2D eigenvalue weighted by Crippen LogP contribution is 2.31. The zero-order chi connectivity index (χ0) is 17.6. The molecule has 0 heterocycles. The Kier molecular flexibility index (Phi) is 5.80. The number of rotatable bonds is 5. The molecule has 1 amide bonds. The average Bonchev–Trinajstić information content (AvgIpc) is 2.54. The predicted octanol–water partition coefficient (Wildman–Crippen LogP) is 5.61. The van der Waals surface area contributed by atoms with Gasteiger partial charge in [0.25, 0.3) is 0 Å². The molecule has 0 saturated carbocycles. The number of benzene rings is 2. The third kappa shape index (κ3) is 4.72. The SMILES string of the molecule is CC(C)(C)N(C(=O)O)C(CC=Cc1ccccc1)c1ccccc1. The molecule has 1 atom stereocenters. The van der Waals surface area contributed by atoms with E-state index < -0.39 is 11.6 Å². The lowest BCUT2D eigenvalue weighted by Crippen LogP contribution is -2.47. The van der Waals surface area contributed by atoms with Gasteiger partial charge in [-0.15, -0.1) is 0 Å². The molecule has 24 heavy (non-hydrogen) atoms. The van der Waals surface area contributed by atoms with E-state index in [1.54, 1.807) is 0 Å². The van der Waals surface area contributed by atoms with E-state index in [0.29, 0.717) is 6.42 Å². The molecule has 1 unspecified atom stereocenters. The molecule has 0 aliphatic rings. The summed E-state index contributed by atoms with van der Waals surface area (Å²) in [5, 5.41) is 9.76. The zero-order valence-electron chi connectivity index (χ0n) is 14.5. The van der Waals surface area contributed by atoms with Crippen LogP contribution in [0, 0.1) is 0 Å². The summed E-state index contributed by atoms with van der Waals surface area (Å²) in [4.78, 5) is 13.4. The summed E-state index contributed by atoms with van der Waals surface area (Å²) in [6.45, 7) is 5.79. The van der Waals surface area contributed by atoms with Gasteiger partial charge in [-0.25, -0.2) is 4.79 Å². The lowest BCUT2D eigenvalue weighted by molar-refractivity contribution is 0.0705. The summed E-state index contributed by atoms with van der Waals surface area (Å²) in [5.41, 5.74) is 1.64. The van der Waals surface area contributed by atoms with Crippen LogP contribution in [0.5, 0.6) is 0 Å². The first-order valence-electron chi connectivity index (χ1n) is 8.18. The first-order chi connectivity index (χ1) is 11.4. The lowest BCUT2D eigenvalue weighted by Gasteiger charge is -2.39. The Hall–Kier alpha value is -2.55. The van der Waals surface area contributed by atoms with Gasteiger partial charge in [-0.3, -0.25) is 4.90 Å². The van der Waals surface area contributed by atoms with Crippen LogP contribution in [0.4, 0.5) is 4.79 Å². The van der Waals surface area contributed by atoms with Crippen LogP contribution in [0.1, 0.15) is 44.4 Å². The molecular formula is C21H25NO2. The first-order valence-corrected chi connectivity index (χ1v) is 8.18. The van der Waals surface area contributed by atoms with Gasteiger partial charge in [0.2, 0.25) is 0 Å². The molecule has 0 radical (unpaired) electrons. The van der Waals surface area contributed by atoms with Gasteiger partial charge in [-0.2, -0.15) is 0 Å². The van der Waals surface area contributed by atoms with E-state index in [9.17, 15) is 9.90 Å². The second kappa shape index (κ2) is 7.82. The van der Waals surface area contributed by atoms with Crippen LogP contribution in [0.2, 0.25) is 0 Å². The fraction of sp³-hybridized carbons (Fsp3) is 0.286. The summed E-state index contributed by atoms with van der Waals surface area (Å²) in [5.74, 6) is 0. The third-order valence-electron chi connectivity index (χ3n) is 3.89. The summed E-state index contributed by atoms with van der Waals surface area (Å²) >= 11 is 0. The second-order valence-corrected chi connectivity index (χ2v) is 6.80. The van der Waals surface area contributed by atoms with Crippen molar-refractivity contribution in [2.45, 2.75) is 38.8 Å². The third-order valence-corrected chi connectivity index (χ3v) is 3.89. The van der Waals surface area contributed by atoms with Gasteiger partial charge in [0, 0.05) is 5.54 Å². The van der Waals surface area contributed by atoms with Gasteiger partial charge in [-0.05, 0) is 38.3 Å². The fourth-order valence-corrected chi connectivity index (χ4v) is 2.85. The molecule has 0 saturated heterocycles. The van der Waals surface area contributed by atoms with Gasteiger partial charge in [0.05, 0.1) is 6.04 Å². The number of carbonyl (C=O) groups is 1. The van der Waals surface area contributed by atoms with E-state index in [2.05, 4.69) is 6.08 Å². The number of nitrogens with zero attached hydrogens (tertiary/aromatic N) is 1. The van der Waals surface area contributed by atoms with E-state index >= 15 is 0 Å². The van der Waals surface area contributed by atoms with Crippen molar-refractivity contribution in [1.82, 2.24) is 4.90 Å². The Morgan fingerprint density at radius 1 is 1.04 bits per heavy atom. The topological polar surface area (TPSA) is 40.5 Å². The van der Waals surface area contributed by atoms with Crippen molar-refractivity contribution in [3.05, 3.63) is 77.9 Å². The van der Waals surface area contributed by atoms with Crippen molar-refractivity contribution in [2.75, 3.05) is 0 Å². The minimum atomic E-state index is -0.899. The highest BCUT2D eigenvalue weighted by atomic mass is 16.4. The zero-order valence-corrected chi connectivity index (χ0v) is 14.5. The summed E-state index contributed by atoms with van der Waals surface area (Å²) in [6.07, 6.45) is 3.82. The molecular weight excluding hydrogens is 298 g/mol. The molecule has 0 aliphatic carbocycles. The average molecular weight is 323 g/mol. The van der Waals surface area contributed by atoms with Crippen LogP contribution in [0.25, 0.3) is 6.08 Å². The molecule has 0 aliphatic heterocycles. The quantitative estimate of drug-likeness (QED) is 0.777. The summed E-state index contributed by atoms with van der Waals surface area (Å²) in [7, 11) is 0. The van der Waals surface area contributed by atoms with Gasteiger partial charge in [0.15, 0.2) is 0 Å². The van der Waals surface area contributed by atoms with Crippen molar-refractivity contribution in [3.8, 4) is 0 Å². The largest absolute Gasteiger partial charge is 0.465 e. The maximum absolute atomic E-state index is 11.9. The molecule has 1 N–H and O–H groups in total. The van der Waals surface area contributed by atoms with Crippen LogP contribution < -0.4 is 0 Å². The summed E-state index contributed by atoms with van der Waals surface area (Å²) < 4.78 is 0. The van der Waals surface area contributed by atoms with Crippen LogP contribution in [0.15, 0.2) is 66.7 Å². The van der Waals surface area contributed by atoms with Crippen molar-refractivity contribution in [1.29, 1.82) is 0 Å². The maximum atomic E-state index is 11.9. The van der Waals surface area contributed by atoms with E-state index in [1.807, 2.05) is 87.5 Å². The van der Waals surface area contributed by atoms with Gasteiger partial charge >= 0.3 is 6.09 Å². The molecule has 3 nitrogen and oxygen atoms in total. The van der Waals surface area contributed by atoms with Crippen molar-refractivity contribution < 1.29 is 9.90 Å². The fourth-order valence-electron chi connectivity index (χ4n) is 2.85. The Morgan fingerprint density at radius 2 is 1.58 bits per heavy atom. The molecule has 2 aromatic carbocycles. The highest BCUT2D eigenvalue weighted by Gasteiger charge is 2.33. The van der Waals surface area contributed by atoms with E-state index in [0.717, 1.165) is 11.1 Å². The van der Waals surface area contributed by atoms with Gasteiger partial charge in [0.1, 0.15) is 0 Å². The van der Waals surface area contributed by atoms with E-state index in [-0.39, 0.29) is 6.04 Å². The standard InChI is InChI=1S/C21H25NO2/c1-21(2,3)22(20(23)24)19(18-14-8-5-9-15-18)16-10-13-17-11-6-4-7-12-17/h4-15,19H,16H2,1-3H3,(H,23,24). The second-order valence-electron chi connectivity index (χ2n) is 6.80. The Labute approximate surface area is 144 Å². The number of amides is 1. The molecule has 0 fully saturated rings. The molecule has 2 aromatic rings. The van der Waals surface area contributed by atoms with Crippen molar-refractivity contribution in [2.24, 2.45) is 0 Å². The Balaban J connectivity index is 2.30. The Morgan fingerprint density at radius 3 is 2.08 bits per heavy atom. The van der Waals surface area contributed by atoms with Crippen LogP contribution in [-0.2, 0) is 0 Å². The monoisotopic (exact) mass is 323 g/mol. The van der Waals surface area contributed by atoms with Crippen molar-refractivity contribution in [3.63, 3.8) is 0 Å². The number of hydrogen-bond acceptors (Lipinski definition) is 1. The van der Waals surface area contributed by atoms with Crippen LogP contribution in [0.3, 0.4) is 0 Å². The van der Waals surface area contributed by atoms with Crippen LogP contribution >= 0.6 is 0 Å². The van der Waals surface area contributed by atoms with Gasteiger partial charge in [-0.1, -0.05) is 72.8 Å². The van der Waals surface area contributed by atoms with Crippen molar-refractivity contribution >= 4 is 12.2 Å². The lowest BCUT2D eigenvalue weighted by atomic mass is 9.96. The smallest absolute Gasteiger partial charge is 0.408 e. The van der Waals surface area contributed by atoms with Crippen LogP contribution in [-0.4, -0.2) is 21.6 Å². The minimum absolute atomic E-state index is 0.219. The highest BCUT2D eigenvalue weighted by molar-refractivity contribution is 5.67. The van der Waals surface area contributed by atoms with E-state index in [4.69, 9.17) is 0 Å². The minimum Gasteiger partial charge on any atom is -0.465 e. The number of carboxylic acid groups (broad SMARTS) is 1. The Bertz CT molecular complexity index is 672. The molecule has 0 bridgehead atoms. The first kappa shape index (κ1) is 17.8. The van der Waals surface area contributed by atoms with E-state index in [1.165, 1.54) is 4.90 Å². The summed E-state index contributed by atoms with van der Waals surface area (Å²) in [6, 6.07) is 19.6. The molecule has 126 valence electrons.